The number of fused-ring (bicyclic) bond motifs is 1. The molecule has 8 N–H and O–H groups in total. The fourth-order valence-corrected chi connectivity index (χ4v) is 2.89. The van der Waals surface area contributed by atoms with Crippen LogP contribution in [0.3, 0.4) is 0 Å². The maximum absolute atomic E-state index is 12.0. The lowest BCUT2D eigenvalue weighted by Crippen LogP contribution is -2.02. The number of nitrogens with two attached hydrogens (primary N) is 4. The topological polar surface area (TPSA) is 121 Å². The van der Waals surface area contributed by atoms with E-state index < -0.39 is 0 Å². The highest BCUT2D eigenvalue weighted by molar-refractivity contribution is 6.09. The molecule has 4 aromatic rings. The van der Waals surface area contributed by atoms with E-state index >= 15 is 0 Å². The maximum Gasteiger partial charge on any atom is 0.193 e. The van der Waals surface area contributed by atoms with Crippen molar-refractivity contribution in [3.05, 3.63) is 96.1 Å². The van der Waals surface area contributed by atoms with Gasteiger partial charge in [0.15, 0.2) is 5.78 Å². The molecule has 4 rings (SSSR count). The average Bonchev–Trinajstić information content (AvgIpc) is 2.69. The van der Waals surface area contributed by atoms with Crippen molar-refractivity contribution >= 4 is 39.3 Å². The van der Waals surface area contributed by atoms with E-state index in [4.69, 9.17) is 22.9 Å². The predicted molar refractivity (Wildman–Crippen MR) is 118 cm³/mol. The van der Waals surface area contributed by atoms with Crippen LogP contribution in [-0.4, -0.2) is 5.78 Å². The Labute approximate surface area is 163 Å². The summed E-state index contributed by atoms with van der Waals surface area (Å²) in [5.74, 6) is -0.0698. The van der Waals surface area contributed by atoms with Crippen molar-refractivity contribution in [2.45, 2.75) is 0 Å². The van der Waals surface area contributed by atoms with Gasteiger partial charge < -0.3 is 22.9 Å². The maximum atomic E-state index is 12.0. The van der Waals surface area contributed by atoms with Gasteiger partial charge in [0.25, 0.3) is 0 Å². The number of hydrogen-bond donors (Lipinski definition) is 4. The van der Waals surface area contributed by atoms with Crippen molar-refractivity contribution in [3.63, 3.8) is 0 Å². The molecular formula is C23H22N4O. The summed E-state index contributed by atoms with van der Waals surface area (Å²) in [6.07, 6.45) is 0. The molecule has 5 nitrogen and oxygen atoms in total. The van der Waals surface area contributed by atoms with Gasteiger partial charge in [0.05, 0.1) is 0 Å². The van der Waals surface area contributed by atoms with Crippen LogP contribution in [0.2, 0.25) is 0 Å². The number of benzene rings is 4. The van der Waals surface area contributed by atoms with Crippen LogP contribution in [0.25, 0.3) is 10.8 Å². The molecule has 0 saturated heterocycles. The molecule has 0 amide bonds. The number of hydrogen-bond acceptors (Lipinski definition) is 5. The van der Waals surface area contributed by atoms with Crippen LogP contribution < -0.4 is 22.9 Å². The van der Waals surface area contributed by atoms with Gasteiger partial charge >= 0.3 is 0 Å². The quantitative estimate of drug-likeness (QED) is 0.313. The molecule has 140 valence electrons. The first-order valence-electron chi connectivity index (χ1n) is 8.74. The number of carbonyl (C=O) groups excluding carboxylic acids is 1. The van der Waals surface area contributed by atoms with Gasteiger partial charge in [0.2, 0.25) is 0 Å². The Bertz CT molecular complexity index is 1050. The van der Waals surface area contributed by atoms with Crippen LogP contribution in [0.4, 0.5) is 22.7 Å². The molecule has 0 aromatic heterocycles. The van der Waals surface area contributed by atoms with E-state index in [1.54, 1.807) is 48.5 Å². The minimum Gasteiger partial charge on any atom is -0.399 e. The third-order valence-corrected chi connectivity index (χ3v) is 4.29. The summed E-state index contributed by atoms with van der Waals surface area (Å²) in [6.45, 7) is 0. The average molecular weight is 370 g/mol. The minimum atomic E-state index is -0.0698. The summed E-state index contributed by atoms with van der Waals surface area (Å²) in [6, 6.07) is 25.3. The third-order valence-electron chi connectivity index (χ3n) is 4.29. The van der Waals surface area contributed by atoms with Crippen LogP contribution >= 0.6 is 0 Å². The van der Waals surface area contributed by atoms with Crippen molar-refractivity contribution in [1.82, 2.24) is 0 Å². The first kappa shape index (κ1) is 18.8. The third kappa shape index (κ3) is 4.22. The van der Waals surface area contributed by atoms with Crippen molar-refractivity contribution in [2.75, 3.05) is 22.9 Å². The number of carbonyl (C=O) groups is 1. The molecule has 0 unspecified atom stereocenters. The van der Waals surface area contributed by atoms with E-state index in [-0.39, 0.29) is 5.78 Å². The summed E-state index contributed by atoms with van der Waals surface area (Å²) in [7, 11) is 0. The van der Waals surface area contributed by atoms with Gasteiger partial charge in [-0.15, -0.1) is 0 Å². The van der Waals surface area contributed by atoms with Gasteiger partial charge in [-0.2, -0.15) is 0 Å². The summed E-state index contributed by atoms with van der Waals surface area (Å²) >= 11 is 0. The second-order valence-corrected chi connectivity index (χ2v) is 6.37. The fourth-order valence-electron chi connectivity index (χ4n) is 2.89. The molecule has 0 fully saturated rings. The molecule has 0 aliphatic rings. The first-order chi connectivity index (χ1) is 13.5. The van der Waals surface area contributed by atoms with Gasteiger partial charge in [-0.05, 0) is 36.4 Å². The summed E-state index contributed by atoms with van der Waals surface area (Å²) in [4.78, 5) is 12.0. The van der Waals surface area contributed by atoms with E-state index in [0.29, 0.717) is 22.5 Å². The van der Waals surface area contributed by atoms with E-state index in [9.17, 15) is 4.79 Å². The van der Waals surface area contributed by atoms with Gasteiger partial charge in [-0.1, -0.05) is 48.5 Å². The van der Waals surface area contributed by atoms with E-state index in [1.807, 2.05) is 36.4 Å². The number of anilines is 4. The fraction of sp³-hybridized carbons (Fsp3) is 0. The smallest absolute Gasteiger partial charge is 0.193 e. The Hall–Kier alpha value is -3.99. The normalized spacial score (nSPS) is 10.1. The molecule has 4 aromatic carbocycles. The first-order valence-corrected chi connectivity index (χ1v) is 8.74. The lowest BCUT2D eigenvalue weighted by molar-refractivity contribution is 0.103. The summed E-state index contributed by atoms with van der Waals surface area (Å²) in [5.41, 5.74) is 26.7. The van der Waals surface area contributed by atoms with Crippen molar-refractivity contribution in [3.8, 4) is 0 Å². The highest BCUT2D eigenvalue weighted by Gasteiger charge is 2.08. The Morgan fingerprint density at radius 2 is 0.929 bits per heavy atom. The van der Waals surface area contributed by atoms with Gasteiger partial charge in [-0.25, -0.2) is 0 Å². The standard InChI is InChI=1S/C13H12N2O.C10H10N2/c14-11-5-1-3-9(7-11)13(16)10-4-2-6-12(15)8-10;11-9-5-1-3-7-8(9)4-2-6-10(7)12/h1-8H,14-15H2;1-6H,11-12H2. The second kappa shape index (κ2) is 8.14. The van der Waals surface area contributed by atoms with Crippen LogP contribution in [0.5, 0.6) is 0 Å². The van der Waals surface area contributed by atoms with Crippen molar-refractivity contribution < 1.29 is 4.79 Å². The Kier molecular flexibility index (Phi) is 5.46. The van der Waals surface area contributed by atoms with Crippen molar-refractivity contribution in [2.24, 2.45) is 0 Å². The summed E-state index contributed by atoms with van der Waals surface area (Å²) in [5, 5.41) is 2.05. The Morgan fingerprint density at radius 1 is 0.536 bits per heavy atom. The zero-order valence-corrected chi connectivity index (χ0v) is 15.3. The molecule has 0 spiro atoms. The predicted octanol–water partition coefficient (Wildman–Crippen LogP) is 4.09. The molecule has 0 aliphatic heterocycles. The largest absolute Gasteiger partial charge is 0.399 e. The zero-order chi connectivity index (χ0) is 20.1. The molecule has 0 atom stereocenters. The molecule has 5 heteroatoms. The van der Waals surface area contributed by atoms with E-state index in [1.165, 1.54) is 0 Å². The number of nitrogen functional groups attached to an aromatic ring is 4. The van der Waals surface area contributed by atoms with E-state index in [0.717, 1.165) is 22.1 Å². The van der Waals surface area contributed by atoms with E-state index in [2.05, 4.69) is 0 Å². The molecule has 0 bridgehead atoms. The van der Waals surface area contributed by atoms with Gasteiger partial charge in [0.1, 0.15) is 0 Å². The molecular weight excluding hydrogens is 348 g/mol. The molecule has 0 heterocycles. The highest BCUT2D eigenvalue weighted by Crippen LogP contribution is 2.25. The summed E-state index contributed by atoms with van der Waals surface area (Å²) < 4.78 is 0. The lowest BCUT2D eigenvalue weighted by Gasteiger charge is -2.03. The number of ketones is 1. The van der Waals surface area contributed by atoms with Gasteiger partial charge in [-0.3, -0.25) is 4.79 Å². The van der Waals surface area contributed by atoms with Crippen LogP contribution in [-0.2, 0) is 0 Å². The SMILES string of the molecule is Nc1cccc(C(=O)c2cccc(N)c2)c1.Nc1cccc2c(N)cccc12. The minimum absolute atomic E-state index is 0.0698. The van der Waals surface area contributed by atoms with Crippen molar-refractivity contribution in [1.29, 1.82) is 0 Å². The Morgan fingerprint density at radius 3 is 1.32 bits per heavy atom. The van der Waals surface area contributed by atoms with Gasteiger partial charge in [0, 0.05) is 44.6 Å². The zero-order valence-electron chi connectivity index (χ0n) is 15.3. The van der Waals surface area contributed by atoms with Crippen LogP contribution in [0.15, 0.2) is 84.9 Å². The highest BCUT2D eigenvalue weighted by atomic mass is 16.1. The monoisotopic (exact) mass is 370 g/mol. The molecule has 0 aliphatic carbocycles. The van der Waals surface area contributed by atoms with Crippen LogP contribution in [0.1, 0.15) is 15.9 Å². The molecule has 28 heavy (non-hydrogen) atoms. The second-order valence-electron chi connectivity index (χ2n) is 6.37. The Balaban J connectivity index is 0.000000167. The molecule has 0 radical (unpaired) electrons. The molecule has 0 saturated carbocycles. The van der Waals surface area contributed by atoms with Crippen LogP contribution in [0, 0.1) is 0 Å². The lowest BCUT2D eigenvalue weighted by atomic mass is 10.0. The number of rotatable bonds is 2.